The number of benzene rings is 1. The molecule has 0 radical (unpaired) electrons. The summed E-state index contributed by atoms with van der Waals surface area (Å²) in [4.78, 5) is 15.7. The van der Waals surface area contributed by atoms with Gasteiger partial charge in [0.05, 0.1) is 12.1 Å². The Balaban J connectivity index is 2.09. The number of aliphatic hydroxyl groups is 1. The van der Waals surface area contributed by atoms with Crippen LogP contribution in [0.15, 0.2) is 27.4 Å². The maximum Gasteiger partial charge on any atom is 0.417 e. The second-order valence-corrected chi connectivity index (χ2v) is 4.48. The standard InChI is InChI=1S/C12H17N3O3/c1-15(6-9(13)7-16)5-8-2-3-11-10(4-8)14-12(17)18-11/h2-4,9,16H,5-7,13H2,1H3,(H,14,17). The van der Waals surface area contributed by atoms with E-state index in [9.17, 15) is 4.79 Å². The third-order valence-electron chi connectivity index (χ3n) is 2.72. The van der Waals surface area contributed by atoms with Gasteiger partial charge >= 0.3 is 5.76 Å². The van der Waals surface area contributed by atoms with Gasteiger partial charge in [-0.25, -0.2) is 4.79 Å². The lowest BCUT2D eigenvalue weighted by Gasteiger charge is -2.19. The minimum atomic E-state index is -0.446. The van der Waals surface area contributed by atoms with Crippen molar-refractivity contribution >= 4 is 11.1 Å². The fourth-order valence-electron chi connectivity index (χ4n) is 1.93. The zero-order chi connectivity index (χ0) is 13.1. The molecule has 18 heavy (non-hydrogen) atoms. The average molecular weight is 251 g/mol. The summed E-state index contributed by atoms with van der Waals surface area (Å²) in [6, 6.07) is 5.30. The number of H-pyrrole nitrogens is 1. The van der Waals surface area contributed by atoms with Crippen LogP contribution in [0.1, 0.15) is 5.56 Å². The summed E-state index contributed by atoms with van der Waals surface area (Å²) < 4.78 is 4.93. The van der Waals surface area contributed by atoms with E-state index in [1.165, 1.54) is 0 Å². The average Bonchev–Trinajstić information content (AvgIpc) is 2.68. The van der Waals surface area contributed by atoms with Crippen molar-refractivity contribution in [2.45, 2.75) is 12.6 Å². The van der Waals surface area contributed by atoms with Crippen LogP contribution in [-0.4, -0.2) is 41.2 Å². The summed E-state index contributed by atoms with van der Waals surface area (Å²) in [5.74, 6) is -0.446. The van der Waals surface area contributed by atoms with Crippen molar-refractivity contribution in [2.75, 3.05) is 20.2 Å². The number of fused-ring (bicyclic) bond motifs is 1. The van der Waals surface area contributed by atoms with Gasteiger partial charge in [-0.05, 0) is 24.7 Å². The highest BCUT2D eigenvalue weighted by Crippen LogP contribution is 2.13. The van der Waals surface area contributed by atoms with E-state index in [4.69, 9.17) is 15.3 Å². The van der Waals surface area contributed by atoms with Crippen LogP contribution in [0.25, 0.3) is 11.1 Å². The Hall–Kier alpha value is -1.63. The summed E-state index contributed by atoms with van der Waals surface area (Å²) in [7, 11) is 1.93. The topological polar surface area (TPSA) is 95.5 Å². The van der Waals surface area contributed by atoms with Crippen LogP contribution < -0.4 is 11.5 Å². The van der Waals surface area contributed by atoms with Gasteiger partial charge in [0.15, 0.2) is 5.58 Å². The van der Waals surface area contributed by atoms with Crippen LogP contribution in [-0.2, 0) is 6.54 Å². The van der Waals surface area contributed by atoms with Gasteiger partial charge in [-0.2, -0.15) is 0 Å². The number of hydrogen-bond acceptors (Lipinski definition) is 5. The van der Waals surface area contributed by atoms with Gasteiger partial charge in [0.25, 0.3) is 0 Å². The number of aliphatic hydroxyl groups excluding tert-OH is 1. The van der Waals surface area contributed by atoms with Crippen LogP contribution in [0.5, 0.6) is 0 Å². The highest BCUT2D eigenvalue weighted by atomic mass is 16.4. The molecule has 0 amide bonds. The Labute approximate surface area is 104 Å². The van der Waals surface area contributed by atoms with E-state index in [0.29, 0.717) is 24.2 Å². The van der Waals surface area contributed by atoms with Gasteiger partial charge in [0.1, 0.15) is 0 Å². The molecular formula is C12H17N3O3. The molecular weight excluding hydrogens is 234 g/mol. The molecule has 0 bridgehead atoms. The molecule has 0 aliphatic carbocycles. The second kappa shape index (κ2) is 5.34. The van der Waals surface area contributed by atoms with E-state index in [-0.39, 0.29) is 12.6 Å². The Morgan fingerprint density at radius 1 is 1.56 bits per heavy atom. The van der Waals surface area contributed by atoms with Gasteiger partial charge in [-0.1, -0.05) is 6.07 Å². The van der Waals surface area contributed by atoms with Crippen molar-refractivity contribution < 1.29 is 9.52 Å². The first kappa shape index (κ1) is 12.8. The van der Waals surface area contributed by atoms with Crippen LogP contribution >= 0.6 is 0 Å². The molecule has 2 rings (SSSR count). The number of oxazole rings is 1. The molecule has 98 valence electrons. The van der Waals surface area contributed by atoms with Crippen molar-refractivity contribution in [2.24, 2.45) is 5.73 Å². The number of rotatable bonds is 5. The van der Waals surface area contributed by atoms with Crippen LogP contribution in [0.2, 0.25) is 0 Å². The normalized spacial score (nSPS) is 13.3. The maximum atomic E-state index is 11.0. The van der Waals surface area contributed by atoms with Crippen molar-refractivity contribution in [3.05, 3.63) is 34.3 Å². The fourth-order valence-corrected chi connectivity index (χ4v) is 1.93. The zero-order valence-electron chi connectivity index (χ0n) is 10.2. The Kier molecular flexibility index (Phi) is 3.81. The summed E-state index contributed by atoms with van der Waals surface area (Å²) in [6.07, 6.45) is 0. The minimum Gasteiger partial charge on any atom is -0.408 e. The van der Waals surface area contributed by atoms with Crippen molar-refractivity contribution in [3.63, 3.8) is 0 Å². The lowest BCUT2D eigenvalue weighted by molar-refractivity contribution is 0.218. The molecule has 6 nitrogen and oxygen atoms in total. The summed E-state index contributed by atoms with van der Waals surface area (Å²) in [5.41, 5.74) is 7.96. The minimum absolute atomic E-state index is 0.0293. The van der Waals surface area contributed by atoms with Crippen molar-refractivity contribution in [3.8, 4) is 0 Å². The van der Waals surface area contributed by atoms with E-state index in [1.54, 1.807) is 6.07 Å². The SMILES string of the molecule is CN(Cc1ccc2oc(=O)[nH]c2c1)CC(N)CO. The summed E-state index contributed by atoms with van der Waals surface area (Å²) in [5, 5.41) is 8.89. The van der Waals surface area contributed by atoms with E-state index < -0.39 is 5.76 Å². The Morgan fingerprint density at radius 3 is 3.06 bits per heavy atom. The Bertz CT molecular complexity index is 575. The first-order valence-electron chi connectivity index (χ1n) is 5.75. The van der Waals surface area contributed by atoms with Crippen LogP contribution in [0, 0.1) is 0 Å². The molecule has 1 unspecified atom stereocenters. The molecule has 1 aromatic heterocycles. The molecule has 0 aliphatic heterocycles. The first-order chi connectivity index (χ1) is 8.58. The number of aromatic nitrogens is 1. The fraction of sp³-hybridized carbons (Fsp3) is 0.417. The van der Waals surface area contributed by atoms with Gasteiger partial charge in [-0.15, -0.1) is 0 Å². The zero-order valence-corrected chi connectivity index (χ0v) is 10.2. The number of nitrogens with one attached hydrogen (secondary N) is 1. The number of likely N-dealkylation sites (N-methyl/N-ethyl adjacent to an activating group) is 1. The van der Waals surface area contributed by atoms with E-state index in [2.05, 4.69) is 4.98 Å². The Morgan fingerprint density at radius 2 is 2.33 bits per heavy atom. The monoisotopic (exact) mass is 251 g/mol. The van der Waals surface area contributed by atoms with E-state index in [1.807, 2.05) is 24.1 Å². The molecule has 0 fully saturated rings. The highest BCUT2D eigenvalue weighted by Gasteiger charge is 2.07. The maximum absolute atomic E-state index is 11.0. The molecule has 6 heteroatoms. The summed E-state index contributed by atoms with van der Waals surface area (Å²) in [6.45, 7) is 1.27. The van der Waals surface area contributed by atoms with Gasteiger partial charge in [0, 0.05) is 19.1 Å². The molecule has 2 aromatic rings. The lowest BCUT2D eigenvalue weighted by atomic mass is 10.2. The van der Waals surface area contributed by atoms with E-state index in [0.717, 1.165) is 5.56 Å². The molecule has 4 N–H and O–H groups in total. The van der Waals surface area contributed by atoms with Gasteiger partial charge in [0.2, 0.25) is 0 Å². The van der Waals surface area contributed by atoms with Crippen LogP contribution in [0.3, 0.4) is 0 Å². The third kappa shape index (κ3) is 2.98. The molecule has 0 saturated carbocycles. The highest BCUT2D eigenvalue weighted by molar-refractivity contribution is 5.72. The largest absolute Gasteiger partial charge is 0.417 e. The molecule has 1 aromatic carbocycles. The van der Waals surface area contributed by atoms with E-state index >= 15 is 0 Å². The molecule has 0 saturated heterocycles. The summed E-state index contributed by atoms with van der Waals surface area (Å²) >= 11 is 0. The van der Waals surface area contributed by atoms with Crippen LogP contribution in [0.4, 0.5) is 0 Å². The number of nitrogens with two attached hydrogens (primary N) is 1. The van der Waals surface area contributed by atoms with Gasteiger partial charge in [-0.3, -0.25) is 4.98 Å². The third-order valence-corrected chi connectivity index (χ3v) is 2.72. The molecule has 0 spiro atoms. The molecule has 1 atom stereocenters. The molecule has 1 heterocycles. The van der Waals surface area contributed by atoms with Crippen molar-refractivity contribution in [1.82, 2.24) is 9.88 Å². The first-order valence-corrected chi connectivity index (χ1v) is 5.75. The lowest BCUT2D eigenvalue weighted by Crippen LogP contribution is -2.37. The number of aromatic amines is 1. The predicted molar refractivity (Wildman–Crippen MR) is 68.2 cm³/mol. The number of hydrogen-bond donors (Lipinski definition) is 3. The van der Waals surface area contributed by atoms with Gasteiger partial charge < -0.3 is 20.2 Å². The number of nitrogens with zero attached hydrogens (tertiary/aromatic N) is 1. The second-order valence-electron chi connectivity index (χ2n) is 4.48. The molecule has 0 aliphatic rings. The van der Waals surface area contributed by atoms with Crippen molar-refractivity contribution in [1.29, 1.82) is 0 Å². The smallest absolute Gasteiger partial charge is 0.408 e. The predicted octanol–water partition coefficient (Wildman–Crippen LogP) is -0.128. The quantitative estimate of drug-likeness (QED) is 0.688.